The third-order valence-electron chi connectivity index (χ3n) is 2.53. The van der Waals surface area contributed by atoms with Gasteiger partial charge in [-0.15, -0.1) is 0 Å². The van der Waals surface area contributed by atoms with Crippen molar-refractivity contribution in [3.8, 4) is 17.0 Å². The van der Waals surface area contributed by atoms with E-state index < -0.39 is 0 Å². The molecule has 94 valence electrons. The van der Waals surface area contributed by atoms with Crippen LogP contribution in [0.25, 0.3) is 11.3 Å². The van der Waals surface area contributed by atoms with Crippen LogP contribution in [-0.2, 0) is 5.33 Å². The Hall–Kier alpha value is -1.59. The first kappa shape index (κ1) is 12.9. The normalized spacial score (nSPS) is 10.2. The van der Waals surface area contributed by atoms with E-state index in [-0.39, 0.29) is 0 Å². The first-order chi connectivity index (χ1) is 8.78. The summed E-state index contributed by atoms with van der Waals surface area (Å²) in [5, 5.41) is 11.4. The SMILES string of the molecule is COc1ccc(CBr)nc1-c1cccc(N[O-])c1. The zero-order valence-electron chi connectivity index (χ0n) is 9.81. The van der Waals surface area contributed by atoms with Gasteiger partial charge in [0, 0.05) is 16.6 Å². The molecule has 0 aliphatic carbocycles. The lowest BCUT2D eigenvalue weighted by atomic mass is 10.1. The molecule has 1 heterocycles. The second-order valence-corrected chi connectivity index (χ2v) is 4.23. The quantitative estimate of drug-likeness (QED) is 0.693. The van der Waals surface area contributed by atoms with Crippen LogP contribution in [-0.4, -0.2) is 12.1 Å². The second-order valence-electron chi connectivity index (χ2n) is 3.67. The van der Waals surface area contributed by atoms with Crippen LogP contribution in [0.2, 0.25) is 0 Å². The number of nitrogens with zero attached hydrogens (tertiary/aromatic N) is 1. The van der Waals surface area contributed by atoms with Gasteiger partial charge in [-0.25, -0.2) is 4.98 Å². The van der Waals surface area contributed by atoms with Crippen LogP contribution < -0.4 is 10.2 Å². The topological polar surface area (TPSA) is 57.2 Å². The summed E-state index contributed by atoms with van der Waals surface area (Å²) in [6, 6.07) is 10.9. The number of benzene rings is 1. The van der Waals surface area contributed by atoms with Crippen LogP contribution in [0.5, 0.6) is 5.75 Å². The number of hydrogen-bond donors (Lipinski definition) is 1. The molecule has 0 bridgehead atoms. The molecule has 1 aromatic carbocycles. The van der Waals surface area contributed by atoms with Crippen molar-refractivity contribution in [2.45, 2.75) is 5.33 Å². The summed E-state index contributed by atoms with van der Waals surface area (Å²) in [5.41, 5.74) is 4.86. The van der Waals surface area contributed by atoms with Gasteiger partial charge in [-0.2, -0.15) is 0 Å². The molecule has 0 aliphatic heterocycles. The lowest BCUT2D eigenvalue weighted by Crippen LogP contribution is -1.95. The molecule has 0 saturated heterocycles. The number of hydrogen-bond acceptors (Lipinski definition) is 4. The molecule has 0 fully saturated rings. The molecular weight excluding hydrogens is 296 g/mol. The van der Waals surface area contributed by atoms with Crippen LogP contribution in [0.1, 0.15) is 5.69 Å². The molecule has 0 radical (unpaired) electrons. The van der Waals surface area contributed by atoms with Gasteiger partial charge in [-0.1, -0.05) is 28.1 Å². The van der Waals surface area contributed by atoms with Gasteiger partial charge in [0.2, 0.25) is 0 Å². The Morgan fingerprint density at radius 3 is 2.83 bits per heavy atom. The van der Waals surface area contributed by atoms with E-state index in [1.807, 2.05) is 23.7 Å². The Bertz CT molecular complexity index is 546. The molecule has 18 heavy (non-hydrogen) atoms. The minimum Gasteiger partial charge on any atom is -0.761 e. The van der Waals surface area contributed by atoms with E-state index in [0.717, 1.165) is 17.0 Å². The smallest absolute Gasteiger partial charge is 0.145 e. The molecule has 1 N–H and O–H groups in total. The summed E-state index contributed by atoms with van der Waals surface area (Å²) >= 11 is 3.37. The number of pyridine rings is 1. The fourth-order valence-electron chi connectivity index (χ4n) is 1.66. The number of rotatable bonds is 4. The maximum absolute atomic E-state index is 10.7. The van der Waals surface area contributed by atoms with Gasteiger partial charge in [-0.05, 0) is 24.3 Å². The van der Waals surface area contributed by atoms with Gasteiger partial charge in [-0.3, -0.25) is 0 Å². The number of ether oxygens (including phenoxy) is 1. The van der Waals surface area contributed by atoms with Crippen molar-refractivity contribution in [3.63, 3.8) is 0 Å². The molecule has 5 heteroatoms. The lowest BCUT2D eigenvalue weighted by molar-refractivity contribution is 0.414. The molecule has 2 rings (SSSR count). The summed E-state index contributed by atoms with van der Waals surface area (Å²) in [7, 11) is 1.60. The number of methoxy groups -OCH3 is 1. The van der Waals surface area contributed by atoms with Gasteiger partial charge >= 0.3 is 0 Å². The maximum Gasteiger partial charge on any atom is 0.145 e. The molecule has 0 unspecified atom stereocenters. The van der Waals surface area contributed by atoms with E-state index in [1.165, 1.54) is 0 Å². The van der Waals surface area contributed by atoms with E-state index in [2.05, 4.69) is 20.9 Å². The van der Waals surface area contributed by atoms with Crippen LogP contribution >= 0.6 is 15.9 Å². The van der Waals surface area contributed by atoms with E-state index in [1.54, 1.807) is 25.3 Å². The van der Waals surface area contributed by atoms with E-state index in [0.29, 0.717) is 16.8 Å². The monoisotopic (exact) mass is 307 g/mol. The van der Waals surface area contributed by atoms with Gasteiger partial charge in [0.25, 0.3) is 0 Å². The highest BCUT2D eigenvalue weighted by Gasteiger charge is 2.08. The average molecular weight is 308 g/mol. The van der Waals surface area contributed by atoms with E-state index in [4.69, 9.17) is 4.74 Å². The number of aromatic nitrogens is 1. The highest BCUT2D eigenvalue weighted by Crippen LogP contribution is 2.30. The zero-order valence-corrected chi connectivity index (χ0v) is 11.4. The molecule has 0 atom stereocenters. The standard InChI is InChI=1S/C13H12BrN2O2/c1-18-12-6-5-11(8-14)15-13(12)9-3-2-4-10(7-9)16-17/h2-7,16H,8H2,1H3/q-1. The van der Waals surface area contributed by atoms with Crippen molar-refractivity contribution in [1.29, 1.82) is 0 Å². The van der Waals surface area contributed by atoms with Gasteiger partial charge in [0.1, 0.15) is 11.4 Å². The van der Waals surface area contributed by atoms with Gasteiger partial charge < -0.3 is 15.4 Å². The highest BCUT2D eigenvalue weighted by atomic mass is 79.9. The molecule has 1 aromatic heterocycles. The molecule has 2 aromatic rings. The number of halogens is 1. The zero-order chi connectivity index (χ0) is 13.0. The van der Waals surface area contributed by atoms with Gasteiger partial charge in [0.15, 0.2) is 0 Å². The Kier molecular flexibility index (Phi) is 4.17. The highest BCUT2D eigenvalue weighted by molar-refractivity contribution is 9.08. The third kappa shape index (κ3) is 2.63. The Labute approximate surface area is 114 Å². The fraction of sp³-hybridized carbons (Fsp3) is 0.154. The molecule has 0 amide bonds. The van der Waals surface area contributed by atoms with Crippen LogP contribution in [0, 0.1) is 5.21 Å². The van der Waals surface area contributed by atoms with Crippen molar-refractivity contribution in [1.82, 2.24) is 4.98 Å². The molecule has 0 spiro atoms. The Morgan fingerprint density at radius 1 is 1.33 bits per heavy atom. The summed E-state index contributed by atoms with van der Waals surface area (Å²) in [6.07, 6.45) is 0. The second kappa shape index (κ2) is 5.84. The van der Waals surface area contributed by atoms with Crippen LogP contribution in [0.3, 0.4) is 0 Å². The van der Waals surface area contributed by atoms with Crippen molar-refractivity contribution < 1.29 is 4.74 Å². The molecule has 0 aliphatic rings. The number of alkyl halides is 1. The summed E-state index contributed by atoms with van der Waals surface area (Å²) < 4.78 is 5.30. The number of nitrogens with one attached hydrogen (secondary N) is 1. The number of anilines is 1. The minimum atomic E-state index is 0.501. The predicted octanol–water partition coefficient (Wildman–Crippen LogP) is 3.56. The molecule has 4 nitrogen and oxygen atoms in total. The van der Waals surface area contributed by atoms with Gasteiger partial charge in [0.05, 0.1) is 12.8 Å². The van der Waals surface area contributed by atoms with Crippen LogP contribution in [0.15, 0.2) is 36.4 Å². The van der Waals surface area contributed by atoms with Crippen molar-refractivity contribution in [2.24, 2.45) is 0 Å². The Morgan fingerprint density at radius 2 is 2.17 bits per heavy atom. The maximum atomic E-state index is 10.7. The predicted molar refractivity (Wildman–Crippen MR) is 75.8 cm³/mol. The largest absolute Gasteiger partial charge is 0.761 e. The summed E-state index contributed by atoms with van der Waals surface area (Å²) in [6.45, 7) is 0. The van der Waals surface area contributed by atoms with Crippen molar-refractivity contribution in [3.05, 3.63) is 47.3 Å². The first-order valence-electron chi connectivity index (χ1n) is 5.37. The van der Waals surface area contributed by atoms with Crippen molar-refractivity contribution in [2.75, 3.05) is 12.6 Å². The molecule has 0 saturated carbocycles. The van der Waals surface area contributed by atoms with E-state index >= 15 is 0 Å². The van der Waals surface area contributed by atoms with E-state index in [9.17, 15) is 5.21 Å². The minimum absolute atomic E-state index is 0.501. The fourth-order valence-corrected chi connectivity index (χ4v) is 1.98. The third-order valence-corrected chi connectivity index (χ3v) is 3.10. The average Bonchev–Trinajstić information content (AvgIpc) is 2.46. The van der Waals surface area contributed by atoms with Crippen molar-refractivity contribution >= 4 is 21.6 Å². The van der Waals surface area contributed by atoms with Crippen LogP contribution in [0.4, 0.5) is 5.69 Å². The molecular formula is C13H12BrN2O2-. The summed E-state index contributed by atoms with van der Waals surface area (Å²) in [5.74, 6) is 0.683. The summed E-state index contributed by atoms with van der Waals surface area (Å²) in [4.78, 5) is 4.51. The Balaban J connectivity index is 2.53. The lowest BCUT2D eigenvalue weighted by Gasteiger charge is -2.13. The first-order valence-corrected chi connectivity index (χ1v) is 6.49.